The quantitative estimate of drug-likeness (QED) is 0.710. The van der Waals surface area contributed by atoms with Crippen molar-refractivity contribution >= 4 is 16.1 Å². The molecule has 1 aliphatic heterocycles. The van der Waals surface area contributed by atoms with Crippen LogP contribution in [0.3, 0.4) is 0 Å². The van der Waals surface area contributed by atoms with E-state index in [4.69, 9.17) is 9.84 Å². The maximum absolute atomic E-state index is 12.1. The smallest absolute Gasteiger partial charge is 0.281 e. The van der Waals surface area contributed by atoms with Crippen LogP contribution in [0.1, 0.15) is 30.1 Å². The van der Waals surface area contributed by atoms with Crippen molar-refractivity contribution in [3.63, 3.8) is 0 Å². The molecular weight excluding hydrogens is 358 g/mol. The van der Waals surface area contributed by atoms with E-state index in [9.17, 15) is 13.2 Å². The number of hydrogen-bond donors (Lipinski definition) is 2. The molecule has 0 spiro atoms. The zero-order chi connectivity index (χ0) is 19.3. The molecule has 1 saturated heterocycles. The predicted octanol–water partition coefficient (Wildman–Crippen LogP) is 0.447. The summed E-state index contributed by atoms with van der Waals surface area (Å²) in [5, 5.41) is 11.7. The monoisotopic (exact) mass is 385 g/mol. The van der Waals surface area contributed by atoms with Crippen LogP contribution < -0.4 is 10.1 Å². The highest BCUT2D eigenvalue weighted by Gasteiger charge is 2.30. The highest BCUT2D eigenvalue weighted by molar-refractivity contribution is 7.86. The normalized spacial score (nSPS) is 17.9. The van der Waals surface area contributed by atoms with Crippen molar-refractivity contribution in [2.24, 2.45) is 0 Å². The molecular formula is C17H27N3O5S. The van der Waals surface area contributed by atoms with Gasteiger partial charge in [0, 0.05) is 38.8 Å². The van der Waals surface area contributed by atoms with Crippen LogP contribution in [0.4, 0.5) is 0 Å². The van der Waals surface area contributed by atoms with Gasteiger partial charge in [-0.3, -0.25) is 4.79 Å². The summed E-state index contributed by atoms with van der Waals surface area (Å²) in [7, 11) is -0.351. The molecule has 9 heteroatoms. The molecule has 1 amide bonds. The van der Waals surface area contributed by atoms with Crippen molar-refractivity contribution in [1.29, 1.82) is 0 Å². The van der Waals surface area contributed by atoms with Crippen molar-refractivity contribution in [2.75, 3.05) is 33.8 Å². The van der Waals surface area contributed by atoms with Gasteiger partial charge in [-0.1, -0.05) is 6.07 Å². The van der Waals surface area contributed by atoms with E-state index in [-0.39, 0.29) is 24.7 Å². The summed E-state index contributed by atoms with van der Waals surface area (Å²) in [5.74, 6) is 0.298. The highest BCUT2D eigenvalue weighted by Crippen LogP contribution is 2.22. The predicted molar refractivity (Wildman–Crippen MR) is 98.3 cm³/mol. The lowest BCUT2D eigenvalue weighted by atomic mass is 10.1. The minimum Gasteiger partial charge on any atom is -0.490 e. The first-order chi connectivity index (χ1) is 12.2. The summed E-state index contributed by atoms with van der Waals surface area (Å²) in [4.78, 5) is 12.1. The molecule has 1 atom stereocenters. The average Bonchev–Trinajstić information content (AvgIpc) is 2.62. The molecule has 0 saturated carbocycles. The number of aliphatic hydroxyl groups is 1. The number of ether oxygens (including phenoxy) is 1. The van der Waals surface area contributed by atoms with Gasteiger partial charge in [0.15, 0.2) is 0 Å². The molecule has 146 valence electrons. The zero-order valence-corrected chi connectivity index (χ0v) is 16.2. The molecule has 8 nitrogen and oxygen atoms in total. The van der Waals surface area contributed by atoms with Crippen molar-refractivity contribution in [2.45, 2.75) is 31.9 Å². The van der Waals surface area contributed by atoms with Crippen LogP contribution in [0.2, 0.25) is 0 Å². The SMILES string of the molecule is C[C@@H](CO)NC(=O)c1cccc(OC2CCN(S(=O)(=O)N(C)C)CC2)c1. The number of amides is 1. The second-order valence-corrected chi connectivity index (χ2v) is 8.73. The Balaban J connectivity index is 1.94. The summed E-state index contributed by atoms with van der Waals surface area (Å²) in [5.41, 5.74) is 0.454. The van der Waals surface area contributed by atoms with E-state index in [1.165, 1.54) is 22.7 Å². The van der Waals surface area contributed by atoms with Gasteiger partial charge in [0.2, 0.25) is 0 Å². The third-order valence-corrected chi connectivity index (χ3v) is 6.18. The number of aliphatic hydroxyl groups excluding tert-OH is 1. The Kier molecular flexibility index (Phi) is 6.99. The van der Waals surface area contributed by atoms with E-state index in [0.717, 1.165) is 0 Å². The molecule has 0 bridgehead atoms. The fourth-order valence-corrected chi connectivity index (χ4v) is 3.80. The molecule has 1 aromatic rings. The fourth-order valence-electron chi connectivity index (χ4n) is 2.67. The largest absolute Gasteiger partial charge is 0.490 e. The van der Waals surface area contributed by atoms with Gasteiger partial charge in [-0.2, -0.15) is 17.0 Å². The van der Waals surface area contributed by atoms with E-state index in [0.29, 0.717) is 37.2 Å². The van der Waals surface area contributed by atoms with Gasteiger partial charge in [0.25, 0.3) is 16.1 Å². The molecule has 2 rings (SSSR count). The van der Waals surface area contributed by atoms with Crippen molar-refractivity contribution in [3.8, 4) is 5.75 Å². The standard InChI is InChI=1S/C17H27N3O5S/c1-13(12-21)18-17(22)14-5-4-6-16(11-14)25-15-7-9-20(10-8-15)26(23,24)19(2)3/h4-6,11,13,15,21H,7-10,12H2,1-3H3,(H,18,22)/t13-/m0/s1. The molecule has 0 radical (unpaired) electrons. The first-order valence-electron chi connectivity index (χ1n) is 8.60. The minimum absolute atomic E-state index is 0.0988. The van der Waals surface area contributed by atoms with Crippen molar-refractivity contribution in [3.05, 3.63) is 29.8 Å². The zero-order valence-electron chi connectivity index (χ0n) is 15.4. The van der Waals surface area contributed by atoms with E-state index in [1.54, 1.807) is 31.2 Å². The number of carbonyl (C=O) groups is 1. The third-order valence-electron chi connectivity index (χ3n) is 4.24. The van der Waals surface area contributed by atoms with Gasteiger partial charge >= 0.3 is 0 Å². The number of hydrogen-bond acceptors (Lipinski definition) is 5. The van der Waals surface area contributed by atoms with Gasteiger partial charge in [0.1, 0.15) is 11.9 Å². The number of nitrogens with one attached hydrogen (secondary N) is 1. The fraction of sp³-hybridized carbons (Fsp3) is 0.588. The Bertz CT molecular complexity index is 715. The van der Waals surface area contributed by atoms with Crippen molar-refractivity contribution < 1.29 is 23.1 Å². The van der Waals surface area contributed by atoms with Crippen LogP contribution >= 0.6 is 0 Å². The summed E-state index contributed by atoms with van der Waals surface area (Å²) >= 11 is 0. The van der Waals surface area contributed by atoms with E-state index < -0.39 is 10.2 Å². The number of benzene rings is 1. The van der Waals surface area contributed by atoms with E-state index >= 15 is 0 Å². The van der Waals surface area contributed by atoms with Crippen LogP contribution in [0.15, 0.2) is 24.3 Å². The van der Waals surface area contributed by atoms with Crippen LogP contribution in [-0.2, 0) is 10.2 Å². The number of nitrogens with zero attached hydrogens (tertiary/aromatic N) is 2. The Labute approximate surface area is 154 Å². The summed E-state index contributed by atoms with van der Waals surface area (Å²) in [6.45, 7) is 2.39. The molecule has 1 heterocycles. The Hall–Kier alpha value is -1.68. The first-order valence-corrected chi connectivity index (χ1v) is 9.99. The third kappa shape index (κ3) is 5.16. The number of rotatable bonds is 7. The molecule has 1 fully saturated rings. The maximum atomic E-state index is 12.1. The molecule has 2 N–H and O–H groups in total. The molecule has 1 aromatic carbocycles. The van der Waals surface area contributed by atoms with Gasteiger partial charge in [-0.25, -0.2) is 0 Å². The lowest BCUT2D eigenvalue weighted by Gasteiger charge is -2.32. The topological polar surface area (TPSA) is 99.2 Å². The summed E-state index contributed by atoms with van der Waals surface area (Å²) < 4.78 is 32.9. The Morgan fingerprint density at radius 3 is 2.62 bits per heavy atom. The molecule has 0 aliphatic carbocycles. The van der Waals surface area contributed by atoms with Gasteiger partial charge < -0.3 is 15.2 Å². The molecule has 0 aromatic heterocycles. The molecule has 1 aliphatic rings. The van der Waals surface area contributed by atoms with Crippen LogP contribution in [0, 0.1) is 0 Å². The number of piperidine rings is 1. The lowest BCUT2D eigenvalue weighted by Crippen LogP contribution is -2.46. The minimum atomic E-state index is -3.39. The maximum Gasteiger partial charge on any atom is 0.281 e. The van der Waals surface area contributed by atoms with Crippen LogP contribution in [-0.4, -0.2) is 74.0 Å². The molecule has 0 unspecified atom stereocenters. The molecule has 26 heavy (non-hydrogen) atoms. The van der Waals surface area contributed by atoms with Gasteiger partial charge in [-0.15, -0.1) is 0 Å². The second kappa shape index (κ2) is 8.81. The van der Waals surface area contributed by atoms with Crippen LogP contribution in [0.5, 0.6) is 5.75 Å². The van der Waals surface area contributed by atoms with E-state index in [2.05, 4.69) is 5.32 Å². The second-order valence-electron chi connectivity index (χ2n) is 6.59. The van der Waals surface area contributed by atoms with E-state index in [1.807, 2.05) is 0 Å². The van der Waals surface area contributed by atoms with Crippen molar-refractivity contribution in [1.82, 2.24) is 13.9 Å². The lowest BCUT2D eigenvalue weighted by molar-refractivity contribution is 0.0920. The first kappa shape index (κ1) is 20.6. The van der Waals surface area contributed by atoms with Crippen LogP contribution in [0.25, 0.3) is 0 Å². The van der Waals surface area contributed by atoms with Gasteiger partial charge in [0.05, 0.1) is 6.61 Å². The van der Waals surface area contributed by atoms with Gasteiger partial charge in [-0.05, 0) is 38.0 Å². The Morgan fingerprint density at radius 2 is 2.04 bits per heavy atom. The number of carbonyl (C=O) groups excluding carboxylic acids is 1. The Morgan fingerprint density at radius 1 is 1.38 bits per heavy atom. The summed E-state index contributed by atoms with van der Waals surface area (Å²) in [6, 6.07) is 6.52. The highest BCUT2D eigenvalue weighted by atomic mass is 32.2. The summed E-state index contributed by atoms with van der Waals surface area (Å²) in [6.07, 6.45) is 1.08. The average molecular weight is 385 g/mol.